The Morgan fingerprint density at radius 2 is 1.03 bits per heavy atom. The van der Waals surface area contributed by atoms with Crippen molar-refractivity contribution in [3.05, 3.63) is 175 Å². The summed E-state index contributed by atoms with van der Waals surface area (Å²) in [5, 5.41) is 26.6. The highest BCUT2D eigenvalue weighted by atomic mass is 16.5. The van der Waals surface area contributed by atoms with Crippen molar-refractivity contribution in [2.45, 2.75) is 107 Å². The van der Waals surface area contributed by atoms with E-state index in [9.17, 15) is 19.2 Å². The van der Waals surface area contributed by atoms with Gasteiger partial charge in [-0.15, -0.1) is 0 Å². The van der Waals surface area contributed by atoms with Gasteiger partial charge in [-0.3, -0.25) is 34.1 Å². The summed E-state index contributed by atoms with van der Waals surface area (Å²) >= 11 is 0. The molecular weight excluding hydrogens is 1260 g/mol. The Kier molecular flexibility index (Phi) is 19.7. The molecule has 3 aromatic carbocycles. The monoisotopic (exact) mass is 1340 g/mol. The molecule has 25 heteroatoms. The molecule has 6 fully saturated rings. The molecule has 6 aliphatic rings. The minimum Gasteiger partial charge on any atom is -0.497 e. The molecule has 0 spiro atoms. The van der Waals surface area contributed by atoms with E-state index in [2.05, 4.69) is 70.3 Å². The number of nitrogens with zero attached hydrogens (tertiary/aromatic N) is 11. The third kappa shape index (κ3) is 17.1. The number of methoxy groups -OCH3 is 1. The SMILES string of the molecule is CN(C/C=C/C(=O)N1CC[C@@H](Nc2n[nH]c3nccc(Oc4ccc(C(=O)Nc5cc(OC6CC6)ccn5)cc4)c23)C1)C1CC1.COc1ccc(Cn2nc(N[C@@H]3CCN(C(=O)/C=C/CN(C)C4CC4)C3)c3c(Oc4ccc(C(=O)Nc5cc(OC6CC6)ccn5)cc4)ccnc32)cc1. The number of carbonyl (C=O) groups excluding carboxylic acids is 4. The van der Waals surface area contributed by atoms with Crippen molar-refractivity contribution in [2.75, 3.05) is 81.7 Å². The van der Waals surface area contributed by atoms with Crippen molar-refractivity contribution < 1.29 is 42.9 Å². The minimum absolute atomic E-state index is 0.00895. The van der Waals surface area contributed by atoms with E-state index in [1.54, 1.807) is 123 Å². The molecule has 0 radical (unpaired) electrons. The van der Waals surface area contributed by atoms with Gasteiger partial charge in [-0.05, 0) is 157 Å². The Morgan fingerprint density at radius 1 is 0.545 bits per heavy atom. The summed E-state index contributed by atoms with van der Waals surface area (Å²) in [6.07, 6.45) is 25.2. The fourth-order valence-electron chi connectivity index (χ4n) is 11.9. The molecule has 25 nitrogen and oxygen atoms in total. The number of benzene rings is 3. The summed E-state index contributed by atoms with van der Waals surface area (Å²) in [4.78, 5) is 77.7. The Balaban J connectivity index is 0.000000172. The lowest BCUT2D eigenvalue weighted by Crippen LogP contribution is -2.30. The number of nitrogens with one attached hydrogen (secondary N) is 5. The number of hydrogen-bond donors (Lipinski definition) is 5. The summed E-state index contributed by atoms with van der Waals surface area (Å²) in [7, 11) is 5.85. The average molecular weight is 1340 g/mol. The third-order valence-electron chi connectivity index (χ3n) is 18.1. The number of fused-ring (bicyclic) bond motifs is 2. The molecule has 6 aromatic heterocycles. The van der Waals surface area contributed by atoms with E-state index in [-0.39, 0.29) is 47.9 Å². The molecule has 510 valence electrons. The fraction of sp³-hybridized carbons (Fsp3) is 0.351. The minimum atomic E-state index is -0.291. The Hall–Kier alpha value is -10.9. The topological polar surface area (TPSA) is 274 Å². The van der Waals surface area contributed by atoms with Crippen LogP contribution in [0.5, 0.6) is 40.2 Å². The summed E-state index contributed by atoms with van der Waals surface area (Å²) in [6, 6.07) is 33.6. The number of hydrogen-bond acceptors (Lipinski definition) is 19. The fourth-order valence-corrected chi connectivity index (χ4v) is 11.9. The number of likely N-dealkylation sites (tertiary alicyclic amines) is 2. The molecule has 4 amide bonds. The second-order valence-electron chi connectivity index (χ2n) is 26.0. The van der Waals surface area contributed by atoms with Gasteiger partial charge in [-0.2, -0.15) is 10.2 Å². The van der Waals surface area contributed by atoms with Crippen LogP contribution in [-0.2, 0) is 16.1 Å². The number of pyridine rings is 4. The maximum Gasteiger partial charge on any atom is 0.256 e. The molecule has 0 bridgehead atoms. The number of ether oxygens (including phenoxy) is 5. The molecule has 2 saturated heterocycles. The molecule has 99 heavy (non-hydrogen) atoms. The van der Waals surface area contributed by atoms with E-state index in [0.717, 1.165) is 68.3 Å². The number of aromatic amines is 1. The summed E-state index contributed by atoms with van der Waals surface area (Å²) in [5.74, 6) is 5.97. The molecule has 4 saturated carbocycles. The van der Waals surface area contributed by atoms with Crippen molar-refractivity contribution in [3.63, 3.8) is 0 Å². The van der Waals surface area contributed by atoms with Crippen LogP contribution in [0.1, 0.15) is 90.5 Å². The van der Waals surface area contributed by atoms with Gasteiger partial charge in [-0.1, -0.05) is 24.3 Å². The van der Waals surface area contributed by atoms with Crippen LogP contribution < -0.4 is 45.0 Å². The van der Waals surface area contributed by atoms with Gasteiger partial charge in [-0.25, -0.2) is 24.6 Å². The van der Waals surface area contributed by atoms with Gasteiger partial charge in [0.05, 0.1) is 25.9 Å². The van der Waals surface area contributed by atoms with E-state index < -0.39 is 0 Å². The largest absolute Gasteiger partial charge is 0.497 e. The van der Waals surface area contributed by atoms with Crippen LogP contribution in [-0.4, -0.2) is 180 Å². The normalized spacial score (nSPS) is 17.5. The molecule has 0 unspecified atom stereocenters. The second-order valence-corrected chi connectivity index (χ2v) is 26.0. The van der Waals surface area contributed by atoms with E-state index >= 15 is 0 Å². The molecule has 9 aromatic rings. The highest BCUT2D eigenvalue weighted by Crippen LogP contribution is 2.38. The Morgan fingerprint density at radius 3 is 1.54 bits per heavy atom. The lowest BCUT2D eigenvalue weighted by atomic mass is 10.2. The van der Waals surface area contributed by atoms with Crippen LogP contribution in [0.2, 0.25) is 0 Å². The summed E-state index contributed by atoms with van der Waals surface area (Å²) in [5.41, 5.74) is 3.18. The van der Waals surface area contributed by atoms with Crippen LogP contribution in [0.25, 0.3) is 22.1 Å². The van der Waals surface area contributed by atoms with Gasteiger partial charge in [0.2, 0.25) is 11.8 Å². The highest BCUT2D eigenvalue weighted by Gasteiger charge is 2.32. The predicted octanol–water partition coefficient (Wildman–Crippen LogP) is 10.7. The van der Waals surface area contributed by atoms with Crippen molar-refractivity contribution in [1.82, 2.24) is 59.5 Å². The number of carbonyl (C=O) groups is 4. The number of likely N-dealkylation sites (N-methyl/N-ethyl adjacent to an activating group) is 2. The lowest BCUT2D eigenvalue weighted by molar-refractivity contribution is -0.125. The quantitative estimate of drug-likeness (QED) is 0.0299. The van der Waals surface area contributed by atoms with E-state index in [4.69, 9.17) is 33.8 Å². The van der Waals surface area contributed by atoms with Gasteiger partial charge in [0.25, 0.3) is 11.8 Å². The van der Waals surface area contributed by atoms with Gasteiger partial charge in [0.15, 0.2) is 22.9 Å². The number of amides is 4. The maximum atomic E-state index is 13.1. The number of anilines is 4. The number of aromatic nitrogens is 8. The first-order valence-electron chi connectivity index (χ1n) is 34.0. The Labute approximate surface area is 572 Å². The van der Waals surface area contributed by atoms with Gasteiger partial charge >= 0.3 is 0 Å². The van der Waals surface area contributed by atoms with E-state index in [1.165, 1.54) is 25.7 Å². The molecule has 4 aliphatic carbocycles. The zero-order valence-corrected chi connectivity index (χ0v) is 55.6. The molecule has 2 atom stereocenters. The van der Waals surface area contributed by atoms with Crippen LogP contribution in [0, 0.1) is 0 Å². The van der Waals surface area contributed by atoms with Crippen molar-refractivity contribution in [3.8, 4) is 40.2 Å². The lowest BCUT2D eigenvalue weighted by Gasteiger charge is -2.16. The summed E-state index contributed by atoms with van der Waals surface area (Å²) < 4.78 is 31.5. The zero-order chi connectivity index (χ0) is 67.8. The number of rotatable bonds is 27. The third-order valence-corrected chi connectivity index (χ3v) is 18.1. The Bertz CT molecular complexity index is 4410. The van der Waals surface area contributed by atoms with E-state index in [0.29, 0.717) is 130 Å². The second kappa shape index (κ2) is 29.8. The van der Waals surface area contributed by atoms with Crippen LogP contribution in [0.3, 0.4) is 0 Å². The molecule has 2 aliphatic heterocycles. The molecule has 15 rings (SSSR count). The summed E-state index contributed by atoms with van der Waals surface area (Å²) in [6.45, 7) is 4.52. The van der Waals surface area contributed by atoms with Crippen LogP contribution in [0.4, 0.5) is 23.3 Å². The zero-order valence-electron chi connectivity index (χ0n) is 55.6. The first-order chi connectivity index (χ1) is 48.4. The van der Waals surface area contributed by atoms with Crippen molar-refractivity contribution >= 4 is 69.0 Å². The van der Waals surface area contributed by atoms with Gasteiger partial charge in [0.1, 0.15) is 62.7 Å². The molecular formula is C74H80N16O9. The first-order valence-corrected chi connectivity index (χ1v) is 34.0. The maximum absolute atomic E-state index is 13.1. The van der Waals surface area contributed by atoms with E-state index in [1.807, 2.05) is 57.0 Å². The van der Waals surface area contributed by atoms with Crippen molar-refractivity contribution in [1.29, 1.82) is 0 Å². The number of H-pyrrole nitrogens is 1. The highest BCUT2D eigenvalue weighted by molar-refractivity contribution is 6.05. The standard InChI is InChI=1S/C41H44N8O5.C33H36N8O4/c1-47(30-9-10-30)22-3-4-37(50)48-23-19-29(26-48)44-39-38-35(18-21-43-40(38)49(46-39)25-27-5-11-31(52-2)12-6-27)54-33-13-7-28(8-14-33)41(51)45-36-24-34(17-20-42-36)53-32-15-16-32;1-40(23-6-7-23)17-2-3-29(42)41-18-14-22(20-41)36-32-30-27(13-16-35-31(30)38-39-32)45-25-8-4-21(5-9-25)33(43)37-28-19-26(12-15-34-28)44-24-10-11-24/h3-8,11-14,17-18,20-21,24,29-30,32H,9-10,15-16,19,22-23,25-26H2,1-2H3,(H,44,46)(H,42,45,51);2-5,8-9,12-13,15-16,19,22-24H,6-7,10-11,14,17-18,20H2,1H3,(H,34,37,43)(H2,35,36,38,39)/b4-3+;3-2+/t29-;22-/m11/s1. The molecule has 8 heterocycles. The smallest absolute Gasteiger partial charge is 0.256 e. The van der Waals surface area contributed by atoms with Crippen LogP contribution in [0.15, 0.2) is 158 Å². The van der Waals surface area contributed by atoms with Gasteiger partial charge in [0, 0.05) is 136 Å². The molecule has 5 N–H and O–H groups in total. The first kappa shape index (κ1) is 65.4. The van der Waals surface area contributed by atoms with Gasteiger partial charge < -0.3 is 54.8 Å². The average Bonchev–Trinajstić information content (AvgIpc) is 1.49. The van der Waals surface area contributed by atoms with Crippen molar-refractivity contribution in [2.24, 2.45) is 0 Å². The predicted molar refractivity (Wildman–Crippen MR) is 375 cm³/mol. The van der Waals surface area contributed by atoms with Crippen LogP contribution >= 0.6 is 0 Å².